The van der Waals surface area contributed by atoms with Gasteiger partial charge >= 0.3 is 0 Å². The summed E-state index contributed by atoms with van der Waals surface area (Å²) in [6.45, 7) is 6.45. The smallest absolute Gasteiger partial charge is 0.244 e. The van der Waals surface area contributed by atoms with E-state index >= 15 is 0 Å². The molecule has 4 nitrogen and oxygen atoms in total. The Kier molecular flexibility index (Phi) is 3.81. The molecule has 0 radical (unpaired) electrons. The SMILES string of the molecule is CN(C)CC(C)(C)CN1C(=O)C2(CC2)NC1C1CCCC1. The molecule has 3 fully saturated rings. The van der Waals surface area contributed by atoms with Gasteiger partial charge in [0.1, 0.15) is 0 Å². The van der Waals surface area contributed by atoms with Crippen LogP contribution in [0.25, 0.3) is 0 Å². The van der Waals surface area contributed by atoms with Gasteiger partial charge in [-0.1, -0.05) is 26.7 Å². The third-order valence-corrected chi connectivity index (χ3v) is 5.37. The lowest BCUT2D eigenvalue weighted by Gasteiger charge is -2.37. The van der Waals surface area contributed by atoms with Gasteiger partial charge in [-0.15, -0.1) is 0 Å². The normalized spacial score (nSPS) is 29.1. The molecular weight excluding hydrogens is 262 g/mol. The molecule has 1 unspecified atom stereocenters. The number of rotatable bonds is 5. The van der Waals surface area contributed by atoms with E-state index in [2.05, 4.69) is 43.1 Å². The van der Waals surface area contributed by atoms with Gasteiger partial charge in [0, 0.05) is 13.1 Å². The molecule has 0 aromatic carbocycles. The summed E-state index contributed by atoms with van der Waals surface area (Å²) < 4.78 is 0. The van der Waals surface area contributed by atoms with Crippen molar-refractivity contribution in [2.24, 2.45) is 11.3 Å². The van der Waals surface area contributed by atoms with Crippen molar-refractivity contribution < 1.29 is 4.79 Å². The number of amides is 1. The predicted molar refractivity (Wildman–Crippen MR) is 84.9 cm³/mol. The Bertz CT molecular complexity index is 408. The molecule has 1 atom stereocenters. The summed E-state index contributed by atoms with van der Waals surface area (Å²) in [6.07, 6.45) is 7.61. The molecule has 2 aliphatic carbocycles. The number of carbonyl (C=O) groups is 1. The van der Waals surface area contributed by atoms with Crippen LogP contribution in [-0.2, 0) is 4.79 Å². The lowest BCUT2D eigenvalue weighted by molar-refractivity contribution is -0.132. The molecule has 2 saturated carbocycles. The van der Waals surface area contributed by atoms with Crippen LogP contribution in [0.5, 0.6) is 0 Å². The molecule has 1 saturated heterocycles. The largest absolute Gasteiger partial charge is 0.325 e. The van der Waals surface area contributed by atoms with Crippen molar-refractivity contribution in [2.75, 3.05) is 27.2 Å². The van der Waals surface area contributed by atoms with E-state index in [4.69, 9.17) is 0 Å². The summed E-state index contributed by atoms with van der Waals surface area (Å²) in [5, 5.41) is 3.72. The van der Waals surface area contributed by atoms with E-state index in [0.29, 0.717) is 18.0 Å². The Balaban J connectivity index is 1.74. The molecule has 1 amide bonds. The maximum Gasteiger partial charge on any atom is 0.244 e. The molecule has 1 aliphatic heterocycles. The maximum absolute atomic E-state index is 12.9. The molecule has 1 heterocycles. The number of hydrogen-bond acceptors (Lipinski definition) is 3. The molecule has 1 spiro atoms. The van der Waals surface area contributed by atoms with Crippen LogP contribution >= 0.6 is 0 Å². The number of carbonyl (C=O) groups excluding carboxylic acids is 1. The van der Waals surface area contributed by atoms with E-state index in [9.17, 15) is 4.79 Å². The van der Waals surface area contributed by atoms with Crippen LogP contribution in [0.3, 0.4) is 0 Å². The van der Waals surface area contributed by atoms with Gasteiger partial charge < -0.3 is 9.80 Å². The third-order valence-electron chi connectivity index (χ3n) is 5.37. The lowest BCUT2D eigenvalue weighted by Crippen LogP contribution is -2.48. The van der Waals surface area contributed by atoms with Gasteiger partial charge in [-0.25, -0.2) is 0 Å². The molecule has 1 N–H and O–H groups in total. The first-order valence-electron chi connectivity index (χ1n) is 8.57. The van der Waals surface area contributed by atoms with E-state index in [0.717, 1.165) is 25.9 Å². The number of hydrogen-bond donors (Lipinski definition) is 1. The zero-order chi connectivity index (χ0) is 15.3. The molecule has 3 aliphatic rings. The molecule has 3 rings (SSSR count). The highest BCUT2D eigenvalue weighted by Crippen LogP contribution is 2.46. The monoisotopic (exact) mass is 293 g/mol. The molecule has 21 heavy (non-hydrogen) atoms. The van der Waals surface area contributed by atoms with Crippen molar-refractivity contribution in [3.63, 3.8) is 0 Å². The summed E-state index contributed by atoms with van der Waals surface area (Å²) in [5.41, 5.74) is -0.0282. The molecule has 120 valence electrons. The fraction of sp³-hybridized carbons (Fsp3) is 0.941. The van der Waals surface area contributed by atoms with Crippen molar-refractivity contribution >= 4 is 5.91 Å². The fourth-order valence-corrected chi connectivity index (χ4v) is 4.49. The first-order valence-corrected chi connectivity index (χ1v) is 8.57. The summed E-state index contributed by atoms with van der Waals surface area (Å²) in [7, 11) is 4.23. The fourth-order valence-electron chi connectivity index (χ4n) is 4.49. The van der Waals surface area contributed by atoms with Crippen LogP contribution in [0.2, 0.25) is 0 Å². The van der Waals surface area contributed by atoms with E-state index < -0.39 is 0 Å². The van der Waals surface area contributed by atoms with Gasteiger partial charge in [-0.05, 0) is 51.1 Å². The number of nitrogens with zero attached hydrogens (tertiary/aromatic N) is 2. The van der Waals surface area contributed by atoms with Gasteiger partial charge in [0.05, 0.1) is 11.7 Å². The van der Waals surface area contributed by atoms with Crippen LogP contribution in [0.1, 0.15) is 52.4 Å². The summed E-state index contributed by atoms with van der Waals surface area (Å²) in [4.78, 5) is 17.3. The second kappa shape index (κ2) is 5.24. The van der Waals surface area contributed by atoms with Gasteiger partial charge in [-0.2, -0.15) is 0 Å². The topological polar surface area (TPSA) is 35.6 Å². The number of nitrogens with one attached hydrogen (secondary N) is 1. The summed E-state index contributed by atoms with van der Waals surface area (Å²) in [6, 6.07) is 0. The Morgan fingerprint density at radius 2 is 1.90 bits per heavy atom. The van der Waals surface area contributed by atoms with Crippen molar-refractivity contribution in [3.05, 3.63) is 0 Å². The summed E-state index contributed by atoms with van der Waals surface area (Å²) in [5.74, 6) is 1.05. The second-order valence-corrected chi connectivity index (χ2v) is 8.55. The van der Waals surface area contributed by atoms with Crippen LogP contribution in [-0.4, -0.2) is 54.6 Å². The third kappa shape index (κ3) is 2.98. The standard InChI is InChI=1S/C17H31N3O/c1-16(2,11-19(3)4)12-20-14(13-7-5-6-8-13)18-17(9-10-17)15(20)21/h13-14,18H,5-12H2,1-4H3. The zero-order valence-electron chi connectivity index (χ0n) is 14.1. The minimum Gasteiger partial charge on any atom is -0.325 e. The van der Waals surface area contributed by atoms with Crippen LogP contribution < -0.4 is 5.32 Å². The average Bonchev–Trinajstić information content (AvgIpc) is 2.85. The molecule has 0 aromatic heterocycles. The Hall–Kier alpha value is -0.610. The highest BCUT2D eigenvalue weighted by Gasteiger charge is 2.60. The van der Waals surface area contributed by atoms with Gasteiger partial charge in [-0.3, -0.25) is 10.1 Å². The Morgan fingerprint density at radius 3 is 2.43 bits per heavy atom. The van der Waals surface area contributed by atoms with E-state index in [-0.39, 0.29) is 11.0 Å². The molecule has 4 heteroatoms. The van der Waals surface area contributed by atoms with Gasteiger partial charge in [0.15, 0.2) is 0 Å². The van der Waals surface area contributed by atoms with E-state index in [1.165, 1.54) is 25.7 Å². The second-order valence-electron chi connectivity index (χ2n) is 8.55. The minimum absolute atomic E-state index is 0.137. The minimum atomic E-state index is -0.165. The summed E-state index contributed by atoms with van der Waals surface area (Å²) >= 11 is 0. The van der Waals surface area contributed by atoms with Crippen molar-refractivity contribution in [2.45, 2.75) is 64.1 Å². The first-order chi connectivity index (χ1) is 9.83. The van der Waals surface area contributed by atoms with Gasteiger partial charge in [0.2, 0.25) is 5.91 Å². The maximum atomic E-state index is 12.9. The van der Waals surface area contributed by atoms with Crippen LogP contribution in [0.15, 0.2) is 0 Å². The average molecular weight is 293 g/mol. The van der Waals surface area contributed by atoms with E-state index in [1.54, 1.807) is 0 Å². The Labute approximate surface area is 129 Å². The van der Waals surface area contributed by atoms with Crippen molar-refractivity contribution in [1.29, 1.82) is 0 Å². The highest BCUT2D eigenvalue weighted by molar-refractivity contribution is 5.91. The lowest BCUT2D eigenvalue weighted by atomic mass is 9.91. The van der Waals surface area contributed by atoms with Crippen molar-refractivity contribution in [1.82, 2.24) is 15.1 Å². The molecular formula is C17H31N3O. The van der Waals surface area contributed by atoms with E-state index in [1.807, 2.05) is 0 Å². The Morgan fingerprint density at radius 1 is 1.29 bits per heavy atom. The van der Waals surface area contributed by atoms with Crippen LogP contribution in [0, 0.1) is 11.3 Å². The first kappa shape index (κ1) is 15.3. The molecule has 0 bridgehead atoms. The van der Waals surface area contributed by atoms with Gasteiger partial charge in [0.25, 0.3) is 0 Å². The van der Waals surface area contributed by atoms with Crippen molar-refractivity contribution in [3.8, 4) is 0 Å². The van der Waals surface area contributed by atoms with Crippen LogP contribution in [0.4, 0.5) is 0 Å². The highest BCUT2D eigenvalue weighted by atomic mass is 16.2. The quantitative estimate of drug-likeness (QED) is 0.843. The predicted octanol–water partition coefficient (Wildman–Crippen LogP) is 2.05. The molecule has 0 aromatic rings. The zero-order valence-corrected chi connectivity index (χ0v) is 14.1.